The lowest BCUT2D eigenvalue weighted by Crippen LogP contribution is -2.34. The van der Waals surface area contributed by atoms with Crippen molar-refractivity contribution in [3.8, 4) is 5.69 Å². The zero-order valence-electron chi connectivity index (χ0n) is 19.8. The lowest BCUT2D eigenvalue weighted by atomic mass is 10.1. The first-order valence-electron chi connectivity index (χ1n) is 11.3. The standard InChI is InChI=1S/C26H28N6OS/c1-5-31(6-2)20-12-13-24(18(4)14-20)32-29-22-15-17(3)21(16-23(22)30-32)27-26(34)28-25(33)19-10-8-7-9-11-19/h7-16H,5-6H2,1-4H3,(H2,27,28,33,34). The van der Waals surface area contributed by atoms with Crippen LogP contribution in [0.5, 0.6) is 0 Å². The van der Waals surface area contributed by atoms with Gasteiger partial charge < -0.3 is 10.2 Å². The molecule has 0 unspecified atom stereocenters. The number of fused-ring (bicyclic) bond motifs is 1. The number of hydrogen-bond acceptors (Lipinski definition) is 5. The average molecular weight is 473 g/mol. The molecule has 174 valence electrons. The minimum atomic E-state index is -0.258. The van der Waals surface area contributed by atoms with Gasteiger partial charge in [0.15, 0.2) is 5.11 Å². The summed E-state index contributed by atoms with van der Waals surface area (Å²) in [5, 5.41) is 15.4. The predicted octanol–water partition coefficient (Wildman–Crippen LogP) is 5.01. The molecule has 34 heavy (non-hydrogen) atoms. The van der Waals surface area contributed by atoms with Crippen molar-refractivity contribution in [3.63, 3.8) is 0 Å². The number of nitrogens with one attached hydrogen (secondary N) is 2. The highest BCUT2D eigenvalue weighted by Gasteiger charge is 2.13. The molecule has 0 radical (unpaired) electrons. The fraction of sp³-hybridized carbons (Fsp3) is 0.231. The van der Waals surface area contributed by atoms with Crippen LogP contribution in [0, 0.1) is 13.8 Å². The van der Waals surface area contributed by atoms with E-state index in [0.717, 1.165) is 46.6 Å². The molecule has 0 spiro atoms. The summed E-state index contributed by atoms with van der Waals surface area (Å²) in [7, 11) is 0. The first-order chi connectivity index (χ1) is 16.4. The van der Waals surface area contributed by atoms with Gasteiger partial charge in [-0.15, -0.1) is 10.2 Å². The SMILES string of the molecule is CCN(CC)c1ccc(-n2nc3cc(C)c(NC(=S)NC(=O)c4ccccc4)cc3n2)c(C)c1. The van der Waals surface area contributed by atoms with Crippen molar-refractivity contribution in [3.05, 3.63) is 77.4 Å². The summed E-state index contributed by atoms with van der Waals surface area (Å²) < 4.78 is 0. The Morgan fingerprint density at radius 3 is 2.26 bits per heavy atom. The number of rotatable bonds is 6. The van der Waals surface area contributed by atoms with E-state index in [1.807, 2.05) is 37.3 Å². The van der Waals surface area contributed by atoms with Crippen molar-refractivity contribution in [1.82, 2.24) is 20.3 Å². The molecule has 1 amide bonds. The van der Waals surface area contributed by atoms with Crippen LogP contribution in [0.25, 0.3) is 16.7 Å². The highest BCUT2D eigenvalue weighted by atomic mass is 32.1. The quantitative estimate of drug-likeness (QED) is 0.384. The number of aryl methyl sites for hydroxylation is 2. The Hall–Kier alpha value is -3.78. The van der Waals surface area contributed by atoms with E-state index in [9.17, 15) is 4.79 Å². The molecule has 2 N–H and O–H groups in total. The molecule has 1 aromatic heterocycles. The van der Waals surface area contributed by atoms with Crippen LogP contribution >= 0.6 is 12.2 Å². The Bertz CT molecular complexity index is 1340. The Balaban J connectivity index is 1.55. The van der Waals surface area contributed by atoms with Gasteiger partial charge in [-0.3, -0.25) is 10.1 Å². The number of carbonyl (C=O) groups excluding carboxylic acids is 1. The summed E-state index contributed by atoms with van der Waals surface area (Å²) in [6.45, 7) is 10.3. The largest absolute Gasteiger partial charge is 0.372 e. The Labute approximate surface area is 204 Å². The zero-order valence-corrected chi connectivity index (χ0v) is 20.6. The normalized spacial score (nSPS) is 10.8. The summed E-state index contributed by atoms with van der Waals surface area (Å²) in [5.74, 6) is -0.258. The molecular formula is C26H28N6OS. The van der Waals surface area contributed by atoms with Crippen molar-refractivity contribution in [2.24, 2.45) is 0 Å². The maximum Gasteiger partial charge on any atom is 0.257 e. The predicted molar refractivity (Wildman–Crippen MR) is 142 cm³/mol. The highest BCUT2D eigenvalue weighted by molar-refractivity contribution is 7.80. The molecule has 0 aliphatic heterocycles. The average Bonchev–Trinajstić information content (AvgIpc) is 3.23. The van der Waals surface area contributed by atoms with Crippen LogP contribution in [0.4, 0.5) is 11.4 Å². The van der Waals surface area contributed by atoms with E-state index in [0.29, 0.717) is 5.56 Å². The number of hydrogen-bond donors (Lipinski definition) is 2. The summed E-state index contributed by atoms with van der Waals surface area (Å²) in [5.41, 5.74) is 7.01. The van der Waals surface area contributed by atoms with E-state index in [2.05, 4.69) is 59.6 Å². The van der Waals surface area contributed by atoms with Crippen molar-refractivity contribution in [2.75, 3.05) is 23.3 Å². The lowest BCUT2D eigenvalue weighted by molar-refractivity contribution is 0.0977. The molecule has 0 atom stereocenters. The monoisotopic (exact) mass is 472 g/mol. The van der Waals surface area contributed by atoms with Gasteiger partial charge in [0.2, 0.25) is 0 Å². The molecule has 0 aliphatic rings. The fourth-order valence-electron chi connectivity index (χ4n) is 3.88. The molecule has 0 saturated heterocycles. The van der Waals surface area contributed by atoms with E-state index in [1.165, 1.54) is 5.69 Å². The molecule has 8 heteroatoms. The molecule has 7 nitrogen and oxygen atoms in total. The molecule has 1 heterocycles. The number of nitrogens with zero attached hydrogens (tertiary/aromatic N) is 4. The van der Waals surface area contributed by atoms with Crippen LogP contribution in [0.15, 0.2) is 60.7 Å². The van der Waals surface area contributed by atoms with Gasteiger partial charge in [-0.2, -0.15) is 4.80 Å². The van der Waals surface area contributed by atoms with Gasteiger partial charge >= 0.3 is 0 Å². The Kier molecular flexibility index (Phi) is 6.88. The first kappa shape index (κ1) is 23.4. The summed E-state index contributed by atoms with van der Waals surface area (Å²) in [6.07, 6.45) is 0. The minimum absolute atomic E-state index is 0.228. The van der Waals surface area contributed by atoms with Crippen LogP contribution in [-0.4, -0.2) is 39.1 Å². The maximum atomic E-state index is 12.4. The van der Waals surface area contributed by atoms with E-state index >= 15 is 0 Å². The van der Waals surface area contributed by atoms with E-state index in [1.54, 1.807) is 16.9 Å². The third-order valence-electron chi connectivity index (χ3n) is 5.76. The molecule has 4 aromatic rings. The van der Waals surface area contributed by atoms with Crippen LogP contribution in [-0.2, 0) is 0 Å². The highest BCUT2D eigenvalue weighted by Crippen LogP contribution is 2.25. The van der Waals surface area contributed by atoms with Crippen LogP contribution in [0.3, 0.4) is 0 Å². The van der Waals surface area contributed by atoms with Gasteiger partial charge in [-0.25, -0.2) is 0 Å². The molecular weight excluding hydrogens is 444 g/mol. The van der Waals surface area contributed by atoms with E-state index in [-0.39, 0.29) is 11.0 Å². The van der Waals surface area contributed by atoms with E-state index < -0.39 is 0 Å². The third-order valence-corrected chi connectivity index (χ3v) is 5.97. The summed E-state index contributed by atoms with van der Waals surface area (Å²) >= 11 is 5.36. The number of carbonyl (C=O) groups is 1. The minimum Gasteiger partial charge on any atom is -0.372 e. The molecule has 4 rings (SSSR count). The maximum absolute atomic E-state index is 12.4. The van der Waals surface area contributed by atoms with E-state index in [4.69, 9.17) is 17.3 Å². The number of benzene rings is 3. The van der Waals surface area contributed by atoms with Gasteiger partial charge in [0.05, 0.1) is 5.69 Å². The second-order valence-electron chi connectivity index (χ2n) is 8.06. The number of anilines is 2. The van der Waals surface area contributed by atoms with Crippen molar-refractivity contribution < 1.29 is 4.79 Å². The fourth-order valence-corrected chi connectivity index (χ4v) is 4.08. The van der Waals surface area contributed by atoms with Crippen molar-refractivity contribution >= 4 is 45.6 Å². The van der Waals surface area contributed by atoms with Crippen molar-refractivity contribution in [1.29, 1.82) is 0 Å². The third kappa shape index (κ3) is 4.92. The van der Waals surface area contributed by atoms with Crippen LogP contribution < -0.4 is 15.5 Å². The van der Waals surface area contributed by atoms with Crippen molar-refractivity contribution in [2.45, 2.75) is 27.7 Å². The van der Waals surface area contributed by atoms with Crippen LogP contribution in [0.2, 0.25) is 0 Å². The first-order valence-corrected chi connectivity index (χ1v) is 11.7. The molecule has 0 fully saturated rings. The molecule has 0 bridgehead atoms. The lowest BCUT2D eigenvalue weighted by Gasteiger charge is -2.22. The van der Waals surface area contributed by atoms with Gasteiger partial charge in [0, 0.05) is 30.0 Å². The topological polar surface area (TPSA) is 75.1 Å². The number of thiocarbonyl (C=S) groups is 1. The Morgan fingerprint density at radius 1 is 0.941 bits per heavy atom. The van der Waals surface area contributed by atoms with Gasteiger partial charge in [-0.05, 0) is 93.5 Å². The number of amides is 1. The molecule has 3 aromatic carbocycles. The molecule has 0 saturated carbocycles. The second-order valence-corrected chi connectivity index (χ2v) is 8.47. The van der Waals surface area contributed by atoms with Gasteiger partial charge in [0.1, 0.15) is 11.0 Å². The number of aromatic nitrogens is 3. The van der Waals surface area contributed by atoms with Crippen LogP contribution in [0.1, 0.15) is 35.3 Å². The summed E-state index contributed by atoms with van der Waals surface area (Å²) in [4.78, 5) is 16.4. The Morgan fingerprint density at radius 2 is 1.62 bits per heavy atom. The van der Waals surface area contributed by atoms with Gasteiger partial charge in [0.25, 0.3) is 5.91 Å². The second kappa shape index (κ2) is 10.0. The summed E-state index contributed by atoms with van der Waals surface area (Å²) in [6, 6.07) is 19.2. The smallest absolute Gasteiger partial charge is 0.257 e. The van der Waals surface area contributed by atoms with Gasteiger partial charge in [-0.1, -0.05) is 18.2 Å². The zero-order chi connectivity index (χ0) is 24.2. The molecule has 0 aliphatic carbocycles.